The van der Waals surface area contributed by atoms with Crippen molar-refractivity contribution in [1.29, 1.82) is 0 Å². The summed E-state index contributed by atoms with van der Waals surface area (Å²) < 4.78 is 5.61. The van der Waals surface area contributed by atoms with Crippen molar-refractivity contribution in [3.05, 3.63) is 0 Å². The topological polar surface area (TPSA) is 32.8 Å². The number of amides is 1. The van der Waals surface area contributed by atoms with Gasteiger partial charge in [-0.25, -0.2) is 0 Å². The van der Waals surface area contributed by atoms with Crippen molar-refractivity contribution in [1.82, 2.24) is 9.80 Å². The fourth-order valence-corrected chi connectivity index (χ4v) is 2.76. The number of hydrogen-bond acceptors (Lipinski definition) is 3. The van der Waals surface area contributed by atoms with Gasteiger partial charge in [0, 0.05) is 25.7 Å². The first-order valence-electron chi connectivity index (χ1n) is 6.57. The van der Waals surface area contributed by atoms with E-state index in [0.29, 0.717) is 12.1 Å². The van der Waals surface area contributed by atoms with Crippen molar-refractivity contribution in [3.8, 4) is 0 Å². The molecule has 2 aliphatic rings. The zero-order valence-corrected chi connectivity index (χ0v) is 11.5. The second-order valence-corrected chi connectivity index (χ2v) is 5.81. The van der Waals surface area contributed by atoms with Crippen molar-refractivity contribution in [2.75, 3.05) is 20.2 Å². The fourth-order valence-electron chi connectivity index (χ4n) is 2.76. The van der Waals surface area contributed by atoms with Gasteiger partial charge in [0.15, 0.2) is 0 Å². The minimum Gasteiger partial charge on any atom is -0.374 e. The zero-order valence-electron chi connectivity index (χ0n) is 11.5. The lowest BCUT2D eigenvalue weighted by atomic mass is 9.96. The molecule has 0 aromatic rings. The van der Waals surface area contributed by atoms with Crippen LogP contribution < -0.4 is 0 Å². The Kier molecular flexibility index (Phi) is 3.46. The number of carbonyl (C=O) groups excluding carboxylic acids is 1. The maximum atomic E-state index is 12.4. The standard InChI is InChI=1S/C13H24N2O2/c1-8(2)14(5)13(16)10-6-15(9(3)4)11-7-17-12(10)11/h8-12H,6-7H2,1-5H3. The highest BCUT2D eigenvalue weighted by Gasteiger charge is 2.52. The van der Waals surface area contributed by atoms with E-state index >= 15 is 0 Å². The number of fused-ring (bicyclic) bond motifs is 1. The van der Waals surface area contributed by atoms with Crippen LogP contribution in [0, 0.1) is 5.92 Å². The molecule has 2 rings (SSSR count). The molecule has 2 heterocycles. The number of hydrogen-bond donors (Lipinski definition) is 0. The Bertz CT molecular complexity index is 304. The van der Waals surface area contributed by atoms with Crippen molar-refractivity contribution < 1.29 is 9.53 Å². The Morgan fingerprint density at radius 1 is 1.35 bits per heavy atom. The molecule has 0 aliphatic carbocycles. The Hall–Kier alpha value is -0.610. The van der Waals surface area contributed by atoms with Gasteiger partial charge in [0.05, 0.1) is 24.7 Å². The number of ether oxygens (including phenoxy) is 1. The molecule has 3 unspecified atom stereocenters. The average Bonchev–Trinajstić information content (AvgIpc) is 2.47. The van der Waals surface area contributed by atoms with Crippen LogP contribution in [0.15, 0.2) is 0 Å². The molecule has 3 atom stereocenters. The Labute approximate surface area is 104 Å². The van der Waals surface area contributed by atoms with Crippen LogP contribution in [0.25, 0.3) is 0 Å². The first kappa shape index (κ1) is 12.8. The smallest absolute Gasteiger partial charge is 0.229 e. The lowest BCUT2D eigenvalue weighted by Gasteiger charge is -2.39. The summed E-state index contributed by atoms with van der Waals surface area (Å²) in [5.74, 6) is 0.265. The van der Waals surface area contributed by atoms with Gasteiger partial charge < -0.3 is 9.64 Å². The van der Waals surface area contributed by atoms with Crippen LogP contribution in [0.2, 0.25) is 0 Å². The second-order valence-electron chi connectivity index (χ2n) is 5.81. The molecule has 2 saturated heterocycles. The van der Waals surface area contributed by atoms with Crippen molar-refractivity contribution >= 4 is 5.91 Å². The normalized spacial score (nSPS) is 32.8. The van der Waals surface area contributed by atoms with E-state index in [4.69, 9.17) is 4.74 Å². The van der Waals surface area contributed by atoms with Crippen LogP contribution in [0.4, 0.5) is 0 Å². The molecule has 0 bridgehead atoms. The summed E-state index contributed by atoms with van der Waals surface area (Å²) >= 11 is 0. The first-order valence-corrected chi connectivity index (χ1v) is 6.57. The third-order valence-corrected chi connectivity index (χ3v) is 4.17. The molecule has 0 N–H and O–H groups in total. The zero-order chi connectivity index (χ0) is 12.7. The maximum absolute atomic E-state index is 12.4. The van der Waals surface area contributed by atoms with E-state index < -0.39 is 0 Å². The molecule has 17 heavy (non-hydrogen) atoms. The average molecular weight is 240 g/mol. The van der Waals surface area contributed by atoms with Crippen LogP contribution >= 0.6 is 0 Å². The second kappa shape index (κ2) is 4.58. The van der Waals surface area contributed by atoms with E-state index in [9.17, 15) is 4.79 Å². The first-order chi connectivity index (χ1) is 7.93. The van der Waals surface area contributed by atoms with Gasteiger partial charge >= 0.3 is 0 Å². The molecule has 0 radical (unpaired) electrons. The molecule has 2 aliphatic heterocycles. The molecule has 0 aromatic heterocycles. The Balaban J connectivity index is 2.06. The summed E-state index contributed by atoms with van der Waals surface area (Å²) in [6.45, 7) is 10.1. The maximum Gasteiger partial charge on any atom is 0.229 e. The summed E-state index contributed by atoms with van der Waals surface area (Å²) in [6.07, 6.45) is 0.131. The third-order valence-electron chi connectivity index (χ3n) is 4.17. The van der Waals surface area contributed by atoms with Crippen LogP contribution in [0.1, 0.15) is 27.7 Å². The molecule has 4 nitrogen and oxygen atoms in total. The summed E-state index contributed by atoms with van der Waals surface area (Å²) in [7, 11) is 1.89. The number of carbonyl (C=O) groups is 1. The lowest BCUT2D eigenvalue weighted by Crippen LogP contribution is -2.53. The fraction of sp³-hybridized carbons (Fsp3) is 0.923. The van der Waals surface area contributed by atoms with Gasteiger partial charge in [-0.1, -0.05) is 0 Å². The van der Waals surface area contributed by atoms with Crippen LogP contribution in [0.3, 0.4) is 0 Å². The predicted octanol–water partition coefficient (Wildman–Crippen LogP) is 0.961. The monoisotopic (exact) mass is 240 g/mol. The van der Waals surface area contributed by atoms with E-state index in [2.05, 4.69) is 18.7 Å². The Morgan fingerprint density at radius 2 is 2.00 bits per heavy atom. The third kappa shape index (κ3) is 2.08. The van der Waals surface area contributed by atoms with Crippen molar-refractivity contribution in [2.45, 2.75) is 51.9 Å². The highest BCUT2D eigenvalue weighted by molar-refractivity contribution is 5.80. The van der Waals surface area contributed by atoms with Gasteiger partial charge in [-0.3, -0.25) is 9.69 Å². The van der Waals surface area contributed by atoms with Gasteiger partial charge in [-0.05, 0) is 27.7 Å². The minimum atomic E-state index is 0.0311. The molecule has 2 fully saturated rings. The molecule has 0 aromatic carbocycles. The molecule has 1 amide bonds. The quantitative estimate of drug-likeness (QED) is 0.736. The highest BCUT2D eigenvalue weighted by atomic mass is 16.5. The molecule has 98 valence electrons. The van der Waals surface area contributed by atoms with Crippen LogP contribution in [0.5, 0.6) is 0 Å². The molecular formula is C13H24N2O2. The van der Waals surface area contributed by atoms with Gasteiger partial charge in [0.1, 0.15) is 0 Å². The number of rotatable bonds is 3. The summed E-state index contributed by atoms with van der Waals surface area (Å²) in [5.41, 5.74) is 0. The summed E-state index contributed by atoms with van der Waals surface area (Å²) in [6, 6.07) is 1.21. The molecule has 4 heteroatoms. The van der Waals surface area contributed by atoms with Crippen molar-refractivity contribution in [3.63, 3.8) is 0 Å². The minimum absolute atomic E-state index is 0.0311. The highest BCUT2D eigenvalue weighted by Crippen LogP contribution is 2.36. The van der Waals surface area contributed by atoms with Gasteiger partial charge in [0.25, 0.3) is 0 Å². The van der Waals surface area contributed by atoms with Gasteiger partial charge in [-0.2, -0.15) is 0 Å². The van der Waals surface area contributed by atoms with E-state index in [-0.39, 0.29) is 24.0 Å². The van der Waals surface area contributed by atoms with E-state index in [1.807, 2.05) is 25.8 Å². The van der Waals surface area contributed by atoms with Crippen molar-refractivity contribution in [2.24, 2.45) is 5.92 Å². The van der Waals surface area contributed by atoms with Crippen LogP contribution in [-0.4, -0.2) is 60.1 Å². The van der Waals surface area contributed by atoms with Crippen LogP contribution in [-0.2, 0) is 9.53 Å². The summed E-state index contributed by atoms with van der Waals surface area (Å²) in [5, 5.41) is 0. The van der Waals surface area contributed by atoms with Gasteiger partial charge in [0.2, 0.25) is 5.91 Å². The van der Waals surface area contributed by atoms with E-state index in [1.54, 1.807) is 0 Å². The van der Waals surface area contributed by atoms with E-state index in [0.717, 1.165) is 13.2 Å². The lowest BCUT2D eigenvalue weighted by molar-refractivity contribution is -0.149. The molecule has 0 spiro atoms. The summed E-state index contributed by atoms with van der Waals surface area (Å²) in [4.78, 5) is 16.6. The number of likely N-dealkylation sites (tertiary alicyclic amines) is 1. The largest absolute Gasteiger partial charge is 0.374 e. The molecular weight excluding hydrogens is 216 g/mol. The van der Waals surface area contributed by atoms with Gasteiger partial charge in [-0.15, -0.1) is 0 Å². The predicted molar refractivity (Wildman–Crippen MR) is 66.8 cm³/mol. The van der Waals surface area contributed by atoms with E-state index in [1.165, 1.54) is 0 Å². The SMILES string of the molecule is CC(C)N(C)C(=O)C1CN(C(C)C)C2COC12. The number of nitrogens with zero attached hydrogens (tertiary/aromatic N) is 2. The Morgan fingerprint density at radius 3 is 2.35 bits per heavy atom. The molecule has 0 saturated carbocycles.